The molecule has 3 fully saturated rings. The molecule has 0 aromatic heterocycles. The van der Waals surface area contributed by atoms with Gasteiger partial charge in [0.25, 0.3) is 0 Å². The van der Waals surface area contributed by atoms with Crippen molar-refractivity contribution in [1.82, 2.24) is 9.80 Å². The maximum absolute atomic E-state index is 12.9. The van der Waals surface area contributed by atoms with Gasteiger partial charge in [0, 0.05) is 19.5 Å². The molecule has 3 saturated heterocycles. The molecule has 7 heteroatoms. The van der Waals surface area contributed by atoms with Crippen LogP contribution >= 0.6 is 0 Å². The molecule has 116 valence electrons. The highest BCUT2D eigenvalue weighted by Gasteiger charge is 2.59. The molecule has 0 spiro atoms. The molecule has 0 unspecified atom stereocenters. The van der Waals surface area contributed by atoms with E-state index in [9.17, 15) is 14.4 Å². The average Bonchev–Trinajstić information content (AvgIpc) is 3.02. The van der Waals surface area contributed by atoms with Gasteiger partial charge in [-0.05, 0) is 32.6 Å². The van der Waals surface area contributed by atoms with Crippen molar-refractivity contribution in [3.63, 3.8) is 0 Å². The van der Waals surface area contributed by atoms with Gasteiger partial charge < -0.3 is 20.3 Å². The van der Waals surface area contributed by atoms with E-state index in [0.29, 0.717) is 25.9 Å². The highest BCUT2D eigenvalue weighted by molar-refractivity contribution is 6.00. The summed E-state index contributed by atoms with van der Waals surface area (Å²) in [5, 5.41) is 0. The Morgan fingerprint density at radius 3 is 2.90 bits per heavy atom. The van der Waals surface area contributed by atoms with E-state index in [-0.39, 0.29) is 17.9 Å². The van der Waals surface area contributed by atoms with Crippen molar-refractivity contribution >= 4 is 17.9 Å². The first kappa shape index (κ1) is 14.2. The van der Waals surface area contributed by atoms with Crippen molar-refractivity contribution in [1.29, 1.82) is 0 Å². The van der Waals surface area contributed by atoms with Gasteiger partial charge in [0.05, 0.1) is 0 Å². The molecule has 3 amide bonds. The highest BCUT2D eigenvalue weighted by Crippen LogP contribution is 2.42. The van der Waals surface area contributed by atoms with E-state index in [1.807, 2.05) is 0 Å². The number of amides is 3. The second kappa shape index (κ2) is 4.89. The molecule has 0 radical (unpaired) electrons. The van der Waals surface area contributed by atoms with Crippen molar-refractivity contribution in [3.8, 4) is 0 Å². The Morgan fingerprint density at radius 1 is 1.43 bits per heavy atom. The van der Waals surface area contributed by atoms with Crippen molar-refractivity contribution in [3.05, 3.63) is 0 Å². The van der Waals surface area contributed by atoms with Gasteiger partial charge >= 0.3 is 6.09 Å². The van der Waals surface area contributed by atoms with E-state index in [0.717, 1.165) is 19.3 Å². The van der Waals surface area contributed by atoms with Crippen LogP contribution in [0.1, 0.15) is 39.0 Å². The summed E-state index contributed by atoms with van der Waals surface area (Å²) in [6.45, 7) is 2.97. The van der Waals surface area contributed by atoms with Gasteiger partial charge in [-0.2, -0.15) is 0 Å². The van der Waals surface area contributed by atoms with E-state index < -0.39 is 17.7 Å². The first-order valence-corrected chi connectivity index (χ1v) is 7.54. The predicted molar refractivity (Wildman–Crippen MR) is 73.2 cm³/mol. The molecule has 0 aliphatic carbocycles. The van der Waals surface area contributed by atoms with Crippen molar-refractivity contribution in [2.24, 2.45) is 5.73 Å². The quantitative estimate of drug-likeness (QED) is 0.806. The van der Waals surface area contributed by atoms with Crippen LogP contribution in [0.4, 0.5) is 4.79 Å². The van der Waals surface area contributed by atoms with Crippen LogP contribution in [0.15, 0.2) is 0 Å². The van der Waals surface area contributed by atoms with Crippen LogP contribution in [0.3, 0.4) is 0 Å². The van der Waals surface area contributed by atoms with Crippen molar-refractivity contribution < 1.29 is 19.1 Å². The normalized spacial score (nSPS) is 32.9. The second-order valence-electron chi connectivity index (χ2n) is 6.23. The van der Waals surface area contributed by atoms with E-state index in [1.54, 1.807) is 16.7 Å². The lowest BCUT2D eigenvalue weighted by molar-refractivity contribution is -0.167. The number of rotatable bonds is 3. The topological polar surface area (TPSA) is 92.9 Å². The Balaban J connectivity index is 1.88. The minimum absolute atomic E-state index is 0.0158. The third-order valence-corrected chi connectivity index (χ3v) is 4.89. The van der Waals surface area contributed by atoms with Crippen molar-refractivity contribution in [2.75, 3.05) is 13.1 Å². The summed E-state index contributed by atoms with van der Waals surface area (Å²) in [6.07, 6.45) is 2.05. The summed E-state index contributed by atoms with van der Waals surface area (Å²) >= 11 is 0. The lowest BCUT2D eigenvalue weighted by Gasteiger charge is -2.47. The first-order valence-electron chi connectivity index (χ1n) is 7.54. The van der Waals surface area contributed by atoms with E-state index in [4.69, 9.17) is 10.5 Å². The number of hydrogen-bond acceptors (Lipinski definition) is 4. The Morgan fingerprint density at radius 2 is 2.19 bits per heavy atom. The summed E-state index contributed by atoms with van der Waals surface area (Å²) < 4.78 is 4.98. The Hall–Kier alpha value is -1.79. The van der Waals surface area contributed by atoms with Gasteiger partial charge in [-0.3, -0.25) is 9.59 Å². The second-order valence-corrected chi connectivity index (χ2v) is 6.23. The lowest BCUT2D eigenvalue weighted by Crippen LogP contribution is -2.68. The Bertz CT molecular complexity index is 495. The van der Waals surface area contributed by atoms with E-state index in [1.165, 1.54) is 0 Å². The van der Waals surface area contributed by atoms with Gasteiger partial charge in [-0.1, -0.05) is 0 Å². The number of hydrogen-bond donors (Lipinski definition) is 1. The van der Waals surface area contributed by atoms with Crippen LogP contribution in [-0.2, 0) is 14.3 Å². The molecule has 3 atom stereocenters. The third kappa shape index (κ3) is 2.06. The molecule has 3 rings (SSSR count). The van der Waals surface area contributed by atoms with Crippen LogP contribution in [-0.4, -0.2) is 58.5 Å². The van der Waals surface area contributed by atoms with E-state index in [2.05, 4.69) is 0 Å². The molecule has 3 aliphatic heterocycles. The molecular weight excluding hydrogens is 274 g/mol. The number of carbonyl (C=O) groups is 3. The van der Waals surface area contributed by atoms with Gasteiger partial charge in [-0.15, -0.1) is 0 Å². The molecule has 21 heavy (non-hydrogen) atoms. The van der Waals surface area contributed by atoms with Crippen LogP contribution in [0.2, 0.25) is 0 Å². The van der Waals surface area contributed by atoms with E-state index >= 15 is 0 Å². The fourth-order valence-corrected chi connectivity index (χ4v) is 4.15. The van der Waals surface area contributed by atoms with Crippen LogP contribution in [0.25, 0.3) is 0 Å². The smallest absolute Gasteiger partial charge is 0.404 e. The molecular formula is C14H21N3O4. The number of piperazine rings is 1. The fraction of sp³-hybridized carbons (Fsp3) is 0.786. The van der Waals surface area contributed by atoms with Gasteiger partial charge in [0.1, 0.15) is 17.7 Å². The number of carbonyl (C=O) groups excluding carboxylic acids is 3. The molecule has 7 nitrogen and oxygen atoms in total. The minimum atomic E-state index is -0.850. The van der Waals surface area contributed by atoms with Crippen LogP contribution < -0.4 is 5.73 Å². The van der Waals surface area contributed by atoms with Crippen molar-refractivity contribution in [2.45, 2.75) is 56.7 Å². The molecule has 0 saturated carbocycles. The zero-order chi connectivity index (χ0) is 15.2. The zero-order valence-electron chi connectivity index (χ0n) is 12.2. The molecule has 0 bridgehead atoms. The highest BCUT2D eigenvalue weighted by atomic mass is 16.6. The first-order chi connectivity index (χ1) is 9.95. The molecule has 3 heterocycles. The summed E-state index contributed by atoms with van der Waals surface area (Å²) in [5.41, 5.74) is 4.20. The molecule has 0 aromatic carbocycles. The minimum Gasteiger partial charge on any atom is -0.447 e. The standard InChI is InChI=1S/C14H21N3O4/c1-9(21-13(15)20)8-14-5-3-7-17(14)11(18)10-4-2-6-16(10)12(14)19/h9-10H,2-8H2,1H3,(H2,15,20)/t9-,10+,14-/m1/s1. The number of nitrogens with two attached hydrogens (primary N) is 1. The third-order valence-electron chi connectivity index (χ3n) is 4.89. The van der Waals surface area contributed by atoms with Gasteiger partial charge in [-0.25, -0.2) is 4.79 Å². The number of ether oxygens (including phenoxy) is 1. The fourth-order valence-electron chi connectivity index (χ4n) is 4.15. The average molecular weight is 295 g/mol. The van der Waals surface area contributed by atoms with Crippen LogP contribution in [0.5, 0.6) is 0 Å². The maximum atomic E-state index is 12.9. The summed E-state index contributed by atoms with van der Waals surface area (Å²) in [5.74, 6) is 0.0675. The largest absolute Gasteiger partial charge is 0.447 e. The summed E-state index contributed by atoms with van der Waals surface area (Å²) in [7, 11) is 0. The molecule has 0 aromatic rings. The summed E-state index contributed by atoms with van der Waals surface area (Å²) in [4.78, 5) is 39.9. The predicted octanol–water partition coefficient (Wildman–Crippen LogP) is 0.226. The monoisotopic (exact) mass is 295 g/mol. The number of nitrogens with zero attached hydrogens (tertiary/aromatic N) is 2. The maximum Gasteiger partial charge on any atom is 0.404 e. The number of fused-ring (bicyclic) bond motifs is 2. The number of primary amides is 1. The SMILES string of the molecule is C[C@H](C[C@@]12CCCN1C(=O)[C@@H]1CCCN1C2=O)OC(N)=O. The molecule has 2 N–H and O–H groups in total. The van der Waals surface area contributed by atoms with Crippen LogP contribution in [0, 0.1) is 0 Å². The van der Waals surface area contributed by atoms with Gasteiger partial charge in [0.2, 0.25) is 11.8 Å². The Labute approximate surface area is 123 Å². The summed E-state index contributed by atoms with van der Waals surface area (Å²) in [6, 6.07) is -0.281. The Kier molecular flexibility index (Phi) is 3.30. The van der Waals surface area contributed by atoms with Gasteiger partial charge in [0.15, 0.2) is 0 Å². The zero-order valence-corrected chi connectivity index (χ0v) is 12.2. The lowest BCUT2D eigenvalue weighted by atomic mass is 9.85. The molecule has 3 aliphatic rings.